The van der Waals surface area contributed by atoms with Crippen molar-refractivity contribution >= 4 is 28.4 Å². The first-order chi connectivity index (χ1) is 11.2. The third-order valence-electron chi connectivity index (χ3n) is 3.56. The Bertz CT molecular complexity index is 799. The van der Waals surface area contributed by atoms with Gasteiger partial charge in [0.1, 0.15) is 5.75 Å². The van der Waals surface area contributed by atoms with Crippen LogP contribution in [0, 0.1) is 0 Å². The predicted molar refractivity (Wildman–Crippen MR) is 92.0 cm³/mol. The molecule has 0 saturated carbocycles. The van der Waals surface area contributed by atoms with E-state index in [1.807, 2.05) is 54.7 Å². The van der Waals surface area contributed by atoms with Gasteiger partial charge < -0.3 is 15.0 Å². The zero-order chi connectivity index (χ0) is 16.1. The molecule has 5 heteroatoms. The van der Waals surface area contributed by atoms with Gasteiger partial charge in [-0.1, -0.05) is 35.9 Å². The lowest BCUT2D eigenvalue weighted by Crippen LogP contribution is -2.30. The molecule has 118 valence electrons. The highest BCUT2D eigenvalue weighted by Crippen LogP contribution is 2.22. The van der Waals surface area contributed by atoms with Gasteiger partial charge >= 0.3 is 0 Å². The highest BCUT2D eigenvalue weighted by Gasteiger charge is 2.06. The van der Waals surface area contributed by atoms with E-state index in [9.17, 15) is 4.79 Å². The van der Waals surface area contributed by atoms with Crippen LogP contribution in [-0.2, 0) is 11.2 Å². The van der Waals surface area contributed by atoms with Gasteiger partial charge in [-0.3, -0.25) is 4.79 Å². The fraction of sp³-hybridized carbons (Fsp3) is 0.167. The lowest BCUT2D eigenvalue weighted by Gasteiger charge is -2.07. The summed E-state index contributed by atoms with van der Waals surface area (Å²) in [4.78, 5) is 15.0. The van der Waals surface area contributed by atoms with E-state index in [0.29, 0.717) is 17.3 Å². The maximum Gasteiger partial charge on any atom is 0.257 e. The second-order valence-electron chi connectivity index (χ2n) is 5.21. The van der Waals surface area contributed by atoms with Crippen molar-refractivity contribution in [1.82, 2.24) is 10.3 Å². The van der Waals surface area contributed by atoms with Crippen molar-refractivity contribution in [2.24, 2.45) is 0 Å². The summed E-state index contributed by atoms with van der Waals surface area (Å²) < 4.78 is 5.41. The SMILES string of the molecule is O=C(COc1ccccc1)NCCc1c[nH]c2cc(Cl)ccc12. The Kier molecular flexibility index (Phi) is 4.83. The van der Waals surface area contributed by atoms with Crippen molar-refractivity contribution in [3.63, 3.8) is 0 Å². The fourth-order valence-corrected chi connectivity index (χ4v) is 2.59. The molecule has 0 radical (unpaired) electrons. The molecule has 0 spiro atoms. The van der Waals surface area contributed by atoms with Crippen LogP contribution in [0.1, 0.15) is 5.56 Å². The number of H-pyrrole nitrogens is 1. The molecular weight excluding hydrogens is 312 g/mol. The molecule has 23 heavy (non-hydrogen) atoms. The maximum atomic E-state index is 11.8. The molecule has 2 N–H and O–H groups in total. The van der Waals surface area contributed by atoms with Gasteiger partial charge in [-0.2, -0.15) is 0 Å². The zero-order valence-corrected chi connectivity index (χ0v) is 13.3. The third-order valence-corrected chi connectivity index (χ3v) is 3.79. The van der Waals surface area contributed by atoms with Gasteiger partial charge in [-0.05, 0) is 36.2 Å². The van der Waals surface area contributed by atoms with Crippen LogP contribution in [0.15, 0.2) is 54.7 Å². The number of nitrogens with one attached hydrogen (secondary N) is 2. The average molecular weight is 329 g/mol. The van der Waals surface area contributed by atoms with Crippen molar-refractivity contribution < 1.29 is 9.53 Å². The summed E-state index contributed by atoms with van der Waals surface area (Å²) in [7, 11) is 0. The summed E-state index contributed by atoms with van der Waals surface area (Å²) in [5.41, 5.74) is 2.16. The van der Waals surface area contributed by atoms with Gasteiger partial charge in [0.2, 0.25) is 0 Å². The number of fused-ring (bicyclic) bond motifs is 1. The smallest absolute Gasteiger partial charge is 0.257 e. The molecule has 4 nitrogen and oxygen atoms in total. The van der Waals surface area contributed by atoms with Gasteiger partial charge in [-0.15, -0.1) is 0 Å². The molecule has 3 aromatic rings. The van der Waals surface area contributed by atoms with Crippen molar-refractivity contribution in [1.29, 1.82) is 0 Å². The molecule has 0 aliphatic rings. The second-order valence-corrected chi connectivity index (χ2v) is 5.64. The maximum absolute atomic E-state index is 11.8. The molecule has 1 heterocycles. The van der Waals surface area contributed by atoms with Gasteiger partial charge in [0.05, 0.1) is 0 Å². The number of rotatable bonds is 6. The monoisotopic (exact) mass is 328 g/mol. The molecule has 0 aliphatic carbocycles. The number of aromatic amines is 1. The van der Waals surface area contributed by atoms with Gasteiger partial charge in [0, 0.05) is 28.7 Å². The summed E-state index contributed by atoms with van der Waals surface area (Å²) in [6.45, 7) is 0.583. The quantitative estimate of drug-likeness (QED) is 0.727. The van der Waals surface area contributed by atoms with Crippen molar-refractivity contribution in [2.45, 2.75) is 6.42 Å². The number of hydrogen-bond acceptors (Lipinski definition) is 2. The number of ether oxygens (including phenoxy) is 1. The molecule has 0 unspecified atom stereocenters. The minimum atomic E-state index is -0.128. The van der Waals surface area contributed by atoms with Crippen molar-refractivity contribution in [2.75, 3.05) is 13.2 Å². The van der Waals surface area contributed by atoms with E-state index in [0.717, 1.165) is 22.9 Å². The van der Waals surface area contributed by atoms with Crippen molar-refractivity contribution in [3.05, 3.63) is 65.3 Å². The Morgan fingerprint density at radius 2 is 2.00 bits per heavy atom. The number of carbonyl (C=O) groups is 1. The van der Waals surface area contributed by atoms with Crippen LogP contribution in [0.4, 0.5) is 0 Å². The predicted octanol–water partition coefficient (Wildman–Crippen LogP) is 3.56. The van der Waals surface area contributed by atoms with E-state index in [4.69, 9.17) is 16.3 Å². The van der Waals surface area contributed by atoms with Crippen LogP contribution >= 0.6 is 11.6 Å². The fourth-order valence-electron chi connectivity index (χ4n) is 2.42. The van der Waals surface area contributed by atoms with Gasteiger partial charge in [0.25, 0.3) is 5.91 Å². The van der Waals surface area contributed by atoms with E-state index in [-0.39, 0.29) is 12.5 Å². The number of halogens is 1. The minimum Gasteiger partial charge on any atom is -0.484 e. The summed E-state index contributed by atoms with van der Waals surface area (Å²) in [5, 5.41) is 4.70. The highest BCUT2D eigenvalue weighted by atomic mass is 35.5. The Morgan fingerprint density at radius 3 is 2.83 bits per heavy atom. The van der Waals surface area contributed by atoms with E-state index in [1.54, 1.807) is 0 Å². The number of amides is 1. The first kappa shape index (κ1) is 15.4. The van der Waals surface area contributed by atoms with E-state index in [1.165, 1.54) is 0 Å². The topological polar surface area (TPSA) is 54.1 Å². The Labute approximate surface area is 139 Å². The third kappa shape index (κ3) is 4.05. The molecule has 1 aromatic heterocycles. The van der Waals surface area contributed by atoms with Crippen LogP contribution in [0.2, 0.25) is 5.02 Å². The molecule has 0 aliphatic heterocycles. The lowest BCUT2D eigenvalue weighted by atomic mass is 10.1. The molecule has 2 aromatic carbocycles. The van der Waals surface area contributed by atoms with E-state index >= 15 is 0 Å². The number of para-hydroxylation sites is 1. The molecular formula is C18H17ClN2O2. The second kappa shape index (κ2) is 7.20. The van der Waals surface area contributed by atoms with Crippen LogP contribution in [0.5, 0.6) is 5.75 Å². The number of benzene rings is 2. The summed E-state index contributed by atoms with van der Waals surface area (Å²) >= 11 is 5.97. The molecule has 1 amide bonds. The van der Waals surface area contributed by atoms with Gasteiger partial charge in [-0.25, -0.2) is 0 Å². The van der Waals surface area contributed by atoms with E-state index in [2.05, 4.69) is 10.3 Å². The minimum absolute atomic E-state index is 0.0213. The molecule has 0 saturated heterocycles. The molecule has 3 rings (SSSR count). The Balaban J connectivity index is 1.47. The molecule has 0 bridgehead atoms. The molecule has 0 atom stereocenters. The number of hydrogen-bond donors (Lipinski definition) is 2. The molecule has 0 fully saturated rings. The normalized spacial score (nSPS) is 10.7. The number of carbonyl (C=O) groups excluding carboxylic acids is 1. The zero-order valence-electron chi connectivity index (χ0n) is 12.5. The average Bonchev–Trinajstić information content (AvgIpc) is 2.96. The van der Waals surface area contributed by atoms with Crippen molar-refractivity contribution in [3.8, 4) is 5.75 Å². The van der Waals surface area contributed by atoms with Gasteiger partial charge in [0.15, 0.2) is 6.61 Å². The van der Waals surface area contributed by atoms with Crippen LogP contribution in [-0.4, -0.2) is 24.0 Å². The summed E-state index contributed by atoms with van der Waals surface area (Å²) in [6, 6.07) is 15.0. The van der Waals surface area contributed by atoms with Crippen LogP contribution in [0.3, 0.4) is 0 Å². The Hall–Kier alpha value is -2.46. The summed E-state index contributed by atoms with van der Waals surface area (Å²) in [6.07, 6.45) is 2.70. The first-order valence-corrected chi connectivity index (χ1v) is 7.80. The number of aromatic nitrogens is 1. The van der Waals surface area contributed by atoms with Crippen LogP contribution < -0.4 is 10.1 Å². The Morgan fingerprint density at radius 1 is 1.17 bits per heavy atom. The lowest BCUT2D eigenvalue weighted by molar-refractivity contribution is -0.123. The summed E-state index contributed by atoms with van der Waals surface area (Å²) in [5.74, 6) is 0.563. The standard InChI is InChI=1S/C18H17ClN2O2/c19-14-6-7-16-13(11-21-17(16)10-14)8-9-20-18(22)12-23-15-4-2-1-3-5-15/h1-7,10-11,21H,8-9,12H2,(H,20,22). The highest BCUT2D eigenvalue weighted by molar-refractivity contribution is 6.31. The van der Waals surface area contributed by atoms with Crippen LogP contribution in [0.25, 0.3) is 10.9 Å². The van der Waals surface area contributed by atoms with E-state index < -0.39 is 0 Å². The largest absolute Gasteiger partial charge is 0.484 e. The first-order valence-electron chi connectivity index (χ1n) is 7.42.